The van der Waals surface area contributed by atoms with Gasteiger partial charge in [0.1, 0.15) is 0 Å². The van der Waals surface area contributed by atoms with Crippen LogP contribution in [0.1, 0.15) is 20.3 Å². The van der Waals surface area contributed by atoms with Crippen LogP contribution in [-0.2, 0) is 19.1 Å². The summed E-state index contributed by atoms with van der Waals surface area (Å²) in [6, 6.07) is 0. The molecule has 5 nitrogen and oxygen atoms in total. The van der Waals surface area contributed by atoms with Gasteiger partial charge in [-0.15, -0.1) is 0 Å². The van der Waals surface area contributed by atoms with E-state index in [2.05, 4.69) is 0 Å². The summed E-state index contributed by atoms with van der Waals surface area (Å²) in [5, 5.41) is 1.16. The summed E-state index contributed by atoms with van der Waals surface area (Å²) in [5.74, 6) is -0.167. The normalized spacial score (nSPS) is 10.6. The fourth-order valence-corrected chi connectivity index (χ4v) is 0.911. The second kappa shape index (κ2) is 7.73. The summed E-state index contributed by atoms with van der Waals surface area (Å²) >= 11 is 0. The molecule has 0 heterocycles. The van der Waals surface area contributed by atoms with Crippen LogP contribution in [0.3, 0.4) is 0 Å². The average Bonchev–Trinajstić information content (AvgIpc) is 2.17. The van der Waals surface area contributed by atoms with Crippen molar-refractivity contribution in [1.29, 1.82) is 0 Å². The maximum absolute atomic E-state index is 11.4. The van der Waals surface area contributed by atoms with E-state index in [-0.39, 0.29) is 12.3 Å². The van der Waals surface area contributed by atoms with Gasteiger partial charge < -0.3 is 9.47 Å². The number of rotatable bonds is 7. The van der Waals surface area contributed by atoms with Crippen molar-refractivity contribution in [2.45, 2.75) is 26.6 Å². The van der Waals surface area contributed by atoms with Crippen LogP contribution in [0, 0.1) is 0 Å². The molecule has 0 aliphatic carbocycles. The molecule has 0 fully saturated rings. The molecule has 0 aromatic heterocycles. The van der Waals surface area contributed by atoms with Gasteiger partial charge in [-0.25, -0.2) is 5.06 Å². The Morgan fingerprint density at radius 1 is 1.29 bits per heavy atom. The van der Waals surface area contributed by atoms with Crippen LogP contribution < -0.4 is 0 Å². The first-order valence-corrected chi connectivity index (χ1v) is 4.69. The van der Waals surface area contributed by atoms with Gasteiger partial charge in [-0.1, -0.05) is 0 Å². The minimum absolute atomic E-state index is 0.167. The molecular weight excluding hydrogens is 186 g/mol. The Balaban J connectivity index is 3.94. The molecule has 0 saturated heterocycles. The van der Waals surface area contributed by atoms with Gasteiger partial charge in [-0.05, 0) is 13.8 Å². The third kappa shape index (κ3) is 5.16. The van der Waals surface area contributed by atoms with E-state index >= 15 is 0 Å². The lowest BCUT2D eigenvalue weighted by Gasteiger charge is -2.19. The Labute approximate surface area is 84.9 Å². The Bertz CT molecular complexity index is 157. The molecule has 0 N–H and O–H groups in total. The number of hydroxylamine groups is 2. The quantitative estimate of drug-likeness (QED) is 0.455. The van der Waals surface area contributed by atoms with E-state index < -0.39 is 6.29 Å². The van der Waals surface area contributed by atoms with Crippen molar-refractivity contribution in [1.82, 2.24) is 5.06 Å². The van der Waals surface area contributed by atoms with Crippen LogP contribution in [0.5, 0.6) is 0 Å². The lowest BCUT2D eigenvalue weighted by molar-refractivity contribution is -0.185. The monoisotopic (exact) mass is 205 g/mol. The maximum Gasteiger partial charge on any atom is 0.250 e. The van der Waals surface area contributed by atoms with Crippen LogP contribution in [0.2, 0.25) is 0 Å². The van der Waals surface area contributed by atoms with Gasteiger partial charge in [0.15, 0.2) is 6.29 Å². The molecule has 0 aliphatic rings. The summed E-state index contributed by atoms with van der Waals surface area (Å²) in [6.07, 6.45) is -0.304. The highest BCUT2D eigenvalue weighted by atomic mass is 16.7. The molecule has 0 aromatic rings. The summed E-state index contributed by atoms with van der Waals surface area (Å²) in [5.41, 5.74) is 0. The first-order valence-electron chi connectivity index (χ1n) is 4.69. The fourth-order valence-electron chi connectivity index (χ4n) is 0.911. The van der Waals surface area contributed by atoms with E-state index in [1.807, 2.05) is 13.8 Å². The van der Waals surface area contributed by atoms with Crippen LogP contribution in [0.4, 0.5) is 0 Å². The highest BCUT2D eigenvalue weighted by molar-refractivity contribution is 5.75. The third-order valence-electron chi connectivity index (χ3n) is 1.67. The molecule has 0 rings (SSSR count). The zero-order valence-electron chi connectivity index (χ0n) is 9.28. The van der Waals surface area contributed by atoms with Crippen molar-refractivity contribution in [3.63, 3.8) is 0 Å². The largest absolute Gasteiger partial charge is 0.352 e. The van der Waals surface area contributed by atoms with Crippen LogP contribution in [0.25, 0.3) is 0 Å². The Morgan fingerprint density at radius 3 is 2.14 bits per heavy atom. The van der Waals surface area contributed by atoms with Gasteiger partial charge in [0.05, 0.1) is 13.5 Å². The lowest BCUT2D eigenvalue weighted by Crippen LogP contribution is -2.31. The van der Waals surface area contributed by atoms with Crippen LogP contribution in [-0.4, -0.2) is 44.6 Å². The van der Waals surface area contributed by atoms with Crippen molar-refractivity contribution in [3.8, 4) is 0 Å². The van der Waals surface area contributed by atoms with Gasteiger partial charge in [0.2, 0.25) is 0 Å². The van der Waals surface area contributed by atoms with Gasteiger partial charge in [0.25, 0.3) is 5.91 Å². The second-order valence-corrected chi connectivity index (χ2v) is 2.62. The highest BCUT2D eigenvalue weighted by Gasteiger charge is 2.16. The van der Waals surface area contributed by atoms with Gasteiger partial charge >= 0.3 is 0 Å². The summed E-state index contributed by atoms with van der Waals surface area (Å²) in [6.45, 7) is 4.76. The van der Waals surface area contributed by atoms with Crippen LogP contribution >= 0.6 is 0 Å². The minimum atomic E-state index is -0.477. The topological polar surface area (TPSA) is 48.0 Å². The molecule has 14 heavy (non-hydrogen) atoms. The molecule has 0 radical (unpaired) electrons. The second-order valence-electron chi connectivity index (χ2n) is 2.62. The number of carbonyl (C=O) groups is 1. The van der Waals surface area contributed by atoms with Crippen LogP contribution in [0.15, 0.2) is 0 Å². The molecular formula is C9H19NO4. The smallest absolute Gasteiger partial charge is 0.250 e. The number of carbonyl (C=O) groups excluding carboxylic acids is 1. The van der Waals surface area contributed by atoms with E-state index in [9.17, 15) is 4.79 Å². The third-order valence-corrected chi connectivity index (χ3v) is 1.67. The molecule has 0 aromatic carbocycles. The zero-order valence-corrected chi connectivity index (χ0v) is 9.28. The number of hydrogen-bond donors (Lipinski definition) is 0. The highest BCUT2D eigenvalue weighted by Crippen LogP contribution is 2.03. The zero-order chi connectivity index (χ0) is 11.0. The molecule has 0 atom stereocenters. The molecule has 0 bridgehead atoms. The Hall–Kier alpha value is -0.650. The summed E-state index contributed by atoms with van der Waals surface area (Å²) in [7, 11) is 2.99. The first-order chi connectivity index (χ1) is 6.65. The average molecular weight is 205 g/mol. The number of nitrogens with zero attached hydrogens (tertiary/aromatic N) is 1. The van der Waals surface area contributed by atoms with E-state index in [4.69, 9.17) is 14.3 Å². The molecule has 84 valence electrons. The molecule has 5 heteroatoms. The Kier molecular flexibility index (Phi) is 7.37. The lowest BCUT2D eigenvalue weighted by atomic mass is 10.4. The predicted octanol–water partition coefficient (Wildman–Crippen LogP) is 0.795. The molecule has 0 spiro atoms. The van der Waals surface area contributed by atoms with Crippen molar-refractivity contribution >= 4 is 5.91 Å². The molecule has 0 unspecified atom stereocenters. The first kappa shape index (κ1) is 13.4. The summed E-state index contributed by atoms with van der Waals surface area (Å²) < 4.78 is 10.4. The van der Waals surface area contributed by atoms with Gasteiger partial charge in [-0.3, -0.25) is 9.63 Å². The van der Waals surface area contributed by atoms with E-state index in [1.165, 1.54) is 7.11 Å². The Morgan fingerprint density at radius 2 is 1.79 bits per heavy atom. The van der Waals surface area contributed by atoms with E-state index in [1.54, 1.807) is 7.05 Å². The summed E-state index contributed by atoms with van der Waals surface area (Å²) in [4.78, 5) is 16.1. The SMILES string of the molecule is CCOC(CC(=O)N(C)OC)OCC. The number of ether oxygens (including phenoxy) is 2. The predicted molar refractivity (Wildman–Crippen MR) is 51.4 cm³/mol. The van der Waals surface area contributed by atoms with Crippen molar-refractivity contribution in [2.24, 2.45) is 0 Å². The number of hydrogen-bond acceptors (Lipinski definition) is 4. The molecule has 0 aliphatic heterocycles. The van der Waals surface area contributed by atoms with Crippen molar-refractivity contribution < 1.29 is 19.1 Å². The maximum atomic E-state index is 11.4. The fraction of sp³-hybridized carbons (Fsp3) is 0.889. The number of amides is 1. The van der Waals surface area contributed by atoms with Gasteiger partial charge in [0, 0.05) is 20.3 Å². The minimum Gasteiger partial charge on any atom is -0.352 e. The molecule has 0 saturated carbocycles. The molecule has 1 amide bonds. The van der Waals surface area contributed by atoms with Gasteiger partial charge in [-0.2, -0.15) is 0 Å². The van der Waals surface area contributed by atoms with Crippen molar-refractivity contribution in [2.75, 3.05) is 27.4 Å². The van der Waals surface area contributed by atoms with E-state index in [0.717, 1.165) is 5.06 Å². The standard InChI is InChI=1S/C9H19NO4/c1-5-13-9(14-6-2)7-8(11)10(3)12-4/h9H,5-7H2,1-4H3. The van der Waals surface area contributed by atoms with E-state index in [0.29, 0.717) is 13.2 Å². The van der Waals surface area contributed by atoms with Crippen molar-refractivity contribution in [3.05, 3.63) is 0 Å².